The lowest BCUT2D eigenvalue weighted by Crippen LogP contribution is -2.41. The van der Waals surface area contributed by atoms with Gasteiger partial charge in [0.15, 0.2) is 0 Å². The molecule has 0 saturated carbocycles. The highest BCUT2D eigenvalue weighted by Gasteiger charge is 2.19. The fourth-order valence-corrected chi connectivity index (χ4v) is 4.06. The second-order valence-electron chi connectivity index (χ2n) is 4.44. The zero-order chi connectivity index (χ0) is 13.0. The molecule has 2 heterocycles. The van der Waals surface area contributed by atoms with Crippen LogP contribution in [0.3, 0.4) is 0 Å². The number of nitrogens with zero attached hydrogens (tertiary/aromatic N) is 1. The van der Waals surface area contributed by atoms with E-state index in [4.69, 9.17) is 0 Å². The van der Waals surface area contributed by atoms with E-state index in [1.54, 1.807) is 11.3 Å². The Morgan fingerprint density at radius 1 is 1.67 bits per heavy atom. The predicted octanol–water partition coefficient (Wildman–Crippen LogP) is 2.56. The van der Waals surface area contributed by atoms with Crippen LogP contribution in [0.5, 0.6) is 0 Å². The molecule has 1 amide bonds. The minimum Gasteiger partial charge on any atom is -0.341 e. The van der Waals surface area contributed by atoms with E-state index in [1.807, 2.05) is 23.7 Å². The second kappa shape index (κ2) is 6.93. The van der Waals surface area contributed by atoms with Gasteiger partial charge in [-0.1, -0.05) is 0 Å². The van der Waals surface area contributed by atoms with Crippen molar-refractivity contribution in [2.75, 3.05) is 25.1 Å². The lowest BCUT2D eigenvalue weighted by Gasteiger charge is -2.25. The summed E-state index contributed by atoms with van der Waals surface area (Å²) in [5.41, 5.74) is 1.19. The van der Waals surface area contributed by atoms with Crippen molar-refractivity contribution in [1.29, 1.82) is 0 Å². The van der Waals surface area contributed by atoms with Gasteiger partial charge >= 0.3 is 0 Å². The molecule has 18 heavy (non-hydrogen) atoms. The Hall–Kier alpha value is -0.0400. The van der Waals surface area contributed by atoms with Crippen LogP contribution in [0, 0.1) is 0 Å². The number of amides is 1. The van der Waals surface area contributed by atoms with Gasteiger partial charge in [0.25, 0.3) is 0 Å². The molecule has 100 valence electrons. The first kappa shape index (κ1) is 14.4. The molecule has 1 fully saturated rings. The maximum atomic E-state index is 12.1. The standard InChI is InChI=1S/C12H17BrN2OS2/c1-15(6-9-4-11(13)18-7-9)12(16)5-10-8-17-3-2-14-10/h4,7,10,14H,2-3,5-6,8H2,1H3. The molecule has 1 aromatic rings. The summed E-state index contributed by atoms with van der Waals surface area (Å²) >= 11 is 7.02. The number of hydrogen-bond donors (Lipinski definition) is 1. The van der Waals surface area contributed by atoms with Crippen molar-refractivity contribution in [1.82, 2.24) is 10.2 Å². The second-order valence-corrected chi connectivity index (χ2v) is 7.88. The number of thioether (sulfide) groups is 1. The normalized spacial score (nSPS) is 19.8. The van der Waals surface area contributed by atoms with Crippen LogP contribution in [0.2, 0.25) is 0 Å². The smallest absolute Gasteiger partial charge is 0.224 e. The Morgan fingerprint density at radius 3 is 3.11 bits per heavy atom. The third-order valence-electron chi connectivity index (χ3n) is 2.89. The highest BCUT2D eigenvalue weighted by Crippen LogP contribution is 2.21. The van der Waals surface area contributed by atoms with Crippen LogP contribution < -0.4 is 5.32 Å². The molecule has 0 radical (unpaired) electrons. The lowest BCUT2D eigenvalue weighted by molar-refractivity contribution is -0.130. The SMILES string of the molecule is CN(Cc1csc(Br)c1)C(=O)CC1CSCCN1. The van der Waals surface area contributed by atoms with Gasteiger partial charge in [0.05, 0.1) is 3.79 Å². The van der Waals surface area contributed by atoms with Gasteiger partial charge in [0.2, 0.25) is 5.91 Å². The number of hydrogen-bond acceptors (Lipinski definition) is 4. The Bertz CT molecular complexity index is 405. The number of nitrogens with one attached hydrogen (secondary N) is 1. The summed E-state index contributed by atoms with van der Waals surface area (Å²) < 4.78 is 1.11. The molecule has 1 saturated heterocycles. The zero-order valence-corrected chi connectivity index (χ0v) is 13.5. The maximum absolute atomic E-state index is 12.1. The minimum atomic E-state index is 0.220. The van der Waals surface area contributed by atoms with E-state index in [9.17, 15) is 4.79 Å². The molecule has 0 aromatic carbocycles. The quantitative estimate of drug-likeness (QED) is 0.907. The van der Waals surface area contributed by atoms with Crippen molar-refractivity contribution in [3.63, 3.8) is 0 Å². The third kappa shape index (κ3) is 4.26. The molecule has 6 heteroatoms. The first-order valence-electron chi connectivity index (χ1n) is 5.93. The van der Waals surface area contributed by atoms with Crippen molar-refractivity contribution in [3.05, 3.63) is 20.8 Å². The summed E-state index contributed by atoms with van der Waals surface area (Å²) in [5, 5.41) is 5.48. The van der Waals surface area contributed by atoms with Gasteiger partial charge in [-0.05, 0) is 32.9 Å². The number of carbonyl (C=O) groups excluding carboxylic acids is 1. The summed E-state index contributed by atoms with van der Waals surface area (Å²) in [6.45, 7) is 1.71. The van der Waals surface area contributed by atoms with E-state index in [1.165, 1.54) is 5.56 Å². The Balaban J connectivity index is 1.80. The fourth-order valence-electron chi connectivity index (χ4n) is 1.91. The average Bonchev–Trinajstić information content (AvgIpc) is 2.76. The molecule has 2 rings (SSSR count). The highest BCUT2D eigenvalue weighted by atomic mass is 79.9. The molecular formula is C12H17BrN2OS2. The van der Waals surface area contributed by atoms with Crippen LogP contribution in [0.15, 0.2) is 15.2 Å². The molecule has 1 aliphatic heterocycles. The van der Waals surface area contributed by atoms with Crippen LogP contribution in [0.1, 0.15) is 12.0 Å². The van der Waals surface area contributed by atoms with E-state index >= 15 is 0 Å². The minimum absolute atomic E-state index is 0.220. The van der Waals surface area contributed by atoms with Gasteiger partial charge in [-0.25, -0.2) is 0 Å². The average molecular weight is 349 g/mol. The van der Waals surface area contributed by atoms with Crippen LogP contribution in [-0.2, 0) is 11.3 Å². The number of rotatable bonds is 4. The van der Waals surface area contributed by atoms with Gasteiger partial charge in [0, 0.05) is 44.1 Å². The van der Waals surface area contributed by atoms with Crippen molar-refractivity contribution in [2.45, 2.75) is 19.0 Å². The summed E-state index contributed by atoms with van der Waals surface area (Å²) in [6.07, 6.45) is 0.606. The monoisotopic (exact) mass is 348 g/mol. The van der Waals surface area contributed by atoms with Crippen molar-refractivity contribution in [2.24, 2.45) is 0 Å². The highest BCUT2D eigenvalue weighted by molar-refractivity contribution is 9.11. The molecule has 1 aliphatic rings. The molecule has 1 atom stereocenters. The largest absolute Gasteiger partial charge is 0.341 e. The van der Waals surface area contributed by atoms with Gasteiger partial charge in [0.1, 0.15) is 0 Å². The molecule has 1 aromatic heterocycles. The van der Waals surface area contributed by atoms with Gasteiger partial charge in [-0.3, -0.25) is 4.79 Å². The Labute approximate surface area is 124 Å². The predicted molar refractivity (Wildman–Crippen MR) is 82.2 cm³/mol. The summed E-state index contributed by atoms with van der Waals surface area (Å²) in [5.74, 6) is 2.42. The molecule has 1 N–H and O–H groups in total. The molecule has 3 nitrogen and oxygen atoms in total. The van der Waals surface area contributed by atoms with Crippen LogP contribution >= 0.6 is 39.0 Å². The summed E-state index contributed by atoms with van der Waals surface area (Å²) in [7, 11) is 1.88. The first-order chi connectivity index (χ1) is 8.65. The Morgan fingerprint density at radius 2 is 2.50 bits per heavy atom. The summed E-state index contributed by atoms with van der Waals surface area (Å²) in [6, 6.07) is 2.41. The van der Waals surface area contributed by atoms with Crippen molar-refractivity contribution < 1.29 is 4.79 Å². The summed E-state index contributed by atoms with van der Waals surface area (Å²) in [4.78, 5) is 13.9. The van der Waals surface area contributed by atoms with Crippen molar-refractivity contribution >= 4 is 44.9 Å². The van der Waals surface area contributed by atoms with E-state index in [2.05, 4.69) is 32.7 Å². The number of carbonyl (C=O) groups is 1. The van der Waals surface area contributed by atoms with Gasteiger partial charge in [-0.15, -0.1) is 11.3 Å². The van der Waals surface area contributed by atoms with Crippen LogP contribution in [-0.4, -0.2) is 41.9 Å². The lowest BCUT2D eigenvalue weighted by atomic mass is 10.2. The van der Waals surface area contributed by atoms with Crippen LogP contribution in [0.4, 0.5) is 0 Å². The topological polar surface area (TPSA) is 32.3 Å². The van der Waals surface area contributed by atoms with Gasteiger partial charge in [-0.2, -0.15) is 11.8 Å². The molecule has 1 unspecified atom stereocenters. The third-order valence-corrected chi connectivity index (χ3v) is 5.57. The maximum Gasteiger partial charge on any atom is 0.224 e. The number of thiophene rings is 1. The van der Waals surface area contributed by atoms with Crippen molar-refractivity contribution in [3.8, 4) is 0 Å². The zero-order valence-electron chi connectivity index (χ0n) is 10.3. The van der Waals surface area contributed by atoms with E-state index in [-0.39, 0.29) is 5.91 Å². The molecule has 0 aliphatic carbocycles. The fraction of sp³-hybridized carbons (Fsp3) is 0.583. The van der Waals surface area contributed by atoms with E-state index in [0.29, 0.717) is 19.0 Å². The number of halogens is 1. The van der Waals surface area contributed by atoms with Crippen LogP contribution in [0.25, 0.3) is 0 Å². The Kier molecular flexibility index (Phi) is 5.54. The van der Waals surface area contributed by atoms with E-state index < -0.39 is 0 Å². The molecule has 0 bridgehead atoms. The van der Waals surface area contributed by atoms with Gasteiger partial charge < -0.3 is 10.2 Å². The molecular weight excluding hydrogens is 332 g/mol. The first-order valence-corrected chi connectivity index (χ1v) is 8.76. The van der Waals surface area contributed by atoms with E-state index in [0.717, 1.165) is 21.8 Å². The molecule has 0 spiro atoms.